The van der Waals surface area contributed by atoms with Crippen LogP contribution in [0.15, 0.2) is 120 Å². The van der Waals surface area contributed by atoms with Crippen molar-refractivity contribution in [1.29, 1.82) is 0 Å². The first-order valence-corrected chi connectivity index (χ1v) is 11.1. The van der Waals surface area contributed by atoms with Crippen LogP contribution in [-0.2, 0) is 0 Å². The number of fused-ring (bicyclic) bond motifs is 6. The second-order valence-corrected chi connectivity index (χ2v) is 8.46. The van der Waals surface area contributed by atoms with E-state index in [4.69, 9.17) is 9.40 Å². The van der Waals surface area contributed by atoms with E-state index in [0.29, 0.717) is 5.89 Å². The van der Waals surface area contributed by atoms with Gasteiger partial charge in [-0.25, -0.2) is 4.98 Å². The van der Waals surface area contributed by atoms with Crippen LogP contribution in [0.25, 0.3) is 66.0 Å². The maximum absolute atomic E-state index is 6.37. The molecule has 33 heavy (non-hydrogen) atoms. The smallest absolute Gasteiger partial charge is 0.227 e. The molecule has 0 N–H and O–H groups in total. The third kappa shape index (κ3) is 2.92. The van der Waals surface area contributed by atoms with Crippen LogP contribution in [0.3, 0.4) is 0 Å². The van der Waals surface area contributed by atoms with E-state index in [2.05, 4.69) is 78.9 Å². The summed E-state index contributed by atoms with van der Waals surface area (Å²) in [5, 5.41) is 7.14. The molecular formula is C31H19NO. The molecule has 0 aliphatic rings. The van der Waals surface area contributed by atoms with Crippen LogP contribution in [0.2, 0.25) is 0 Å². The van der Waals surface area contributed by atoms with Gasteiger partial charge in [0.15, 0.2) is 5.58 Å². The Morgan fingerprint density at radius 1 is 0.485 bits per heavy atom. The second kappa shape index (κ2) is 7.04. The highest BCUT2D eigenvalue weighted by Crippen LogP contribution is 2.36. The highest BCUT2D eigenvalue weighted by atomic mass is 16.3. The summed E-state index contributed by atoms with van der Waals surface area (Å²) in [5.41, 5.74) is 5.11. The summed E-state index contributed by atoms with van der Waals surface area (Å²) in [4.78, 5) is 4.79. The molecule has 0 atom stereocenters. The van der Waals surface area contributed by atoms with Gasteiger partial charge in [0, 0.05) is 10.9 Å². The molecule has 7 rings (SSSR count). The molecule has 0 fully saturated rings. The number of nitrogens with zero attached hydrogens (tertiary/aromatic N) is 1. The van der Waals surface area contributed by atoms with Gasteiger partial charge in [0.1, 0.15) is 5.52 Å². The molecule has 0 saturated carbocycles. The third-order valence-corrected chi connectivity index (χ3v) is 6.46. The number of hydrogen-bond acceptors (Lipinski definition) is 2. The first kappa shape index (κ1) is 18.2. The maximum atomic E-state index is 6.37. The molecule has 0 saturated heterocycles. The van der Waals surface area contributed by atoms with Crippen molar-refractivity contribution in [3.8, 4) is 22.6 Å². The molecule has 6 aromatic carbocycles. The summed E-state index contributed by atoms with van der Waals surface area (Å²) in [6, 6.07) is 40.4. The van der Waals surface area contributed by atoms with E-state index in [9.17, 15) is 0 Å². The molecule has 2 heteroatoms. The molecule has 7 aromatic rings. The van der Waals surface area contributed by atoms with Gasteiger partial charge < -0.3 is 4.42 Å². The van der Waals surface area contributed by atoms with Gasteiger partial charge in [0.2, 0.25) is 5.89 Å². The van der Waals surface area contributed by atoms with Gasteiger partial charge in [-0.15, -0.1) is 0 Å². The lowest BCUT2D eigenvalue weighted by Crippen LogP contribution is -1.83. The molecule has 154 valence electrons. The lowest BCUT2D eigenvalue weighted by molar-refractivity contribution is 0.623. The minimum Gasteiger partial charge on any atom is -0.435 e. The first-order valence-electron chi connectivity index (χ1n) is 11.1. The van der Waals surface area contributed by atoms with Gasteiger partial charge >= 0.3 is 0 Å². The summed E-state index contributed by atoms with van der Waals surface area (Å²) in [6.45, 7) is 0. The molecule has 0 unspecified atom stereocenters. The summed E-state index contributed by atoms with van der Waals surface area (Å²) < 4.78 is 6.37. The van der Waals surface area contributed by atoms with Crippen LogP contribution in [0, 0.1) is 0 Å². The fraction of sp³-hybridized carbons (Fsp3) is 0. The minimum atomic E-state index is 0.654. The zero-order chi connectivity index (χ0) is 21.8. The Balaban J connectivity index is 1.49. The Bertz CT molecular complexity index is 1810. The van der Waals surface area contributed by atoms with Crippen molar-refractivity contribution in [2.24, 2.45) is 0 Å². The van der Waals surface area contributed by atoms with Crippen LogP contribution in [0.5, 0.6) is 0 Å². The molecule has 0 bridgehead atoms. The summed E-state index contributed by atoms with van der Waals surface area (Å²) in [6.07, 6.45) is 0. The van der Waals surface area contributed by atoms with Crippen molar-refractivity contribution in [3.05, 3.63) is 115 Å². The van der Waals surface area contributed by atoms with Gasteiger partial charge in [-0.05, 0) is 68.4 Å². The van der Waals surface area contributed by atoms with Gasteiger partial charge in [-0.2, -0.15) is 0 Å². The van der Waals surface area contributed by atoms with Crippen molar-refractivity contribution < 1.29 is 4.42 Å². The van der Waals surface area contributed by atoms with E-state index < -0.39 is 0 Å². The van der Waals surface area contributed by atoms with Crippen molar-refractivity contribution in [3.63, 3.8) is 0 Å². The van der Waals surface area contributed by atoms with E-state index in [1.807, 2.05) is 36.4 Å². The van der Waals surface area contributed by atoms with E-state index in [-0.39, 0.29) is 0 Å². The monoisotopic (exact) mass is 421 g/mol. The number of aromatic nitrogens is 1. The minimum absolute atomic E-state index is 0.654. The van der Waals surface area contributed by atoms with Crippen LogP contribution in [0.4, 0.5) is 0 Å². The molecule has 2 nitrogen and oxygen atoms in total. The average Bonchev–Trinajstić information content (AvgIpc) is 3.33. The number of rotatable bonds is 2. The van der Waals surface area contributed by atoms with Crippen LogP contribution >= 0.6 is 0 Å². The van der Waals surface area contributed by atoms with Gasteiger partial charge in [-0.3, -0.25) is 0 Å². The SMILES string of the molecule is c1ccc(-c2nc3ccc4ccc5ccc(-c6ccc7ccccc7c6)cc5c4c3o2)cc1. The zero-order valence-electron chi connectivity index (χ0n) is 17.8. The van der Waals surface area contributed by atoms with Crippen LogP contribution < -0.4 is 0 Å². The van der Waals surface area contributed by atoms with E-state index in [1.165, 1.54) is 32.7 Å². The van der Waals surface area contributed by atoms with E-state index >= 15 is 0 Å². The zero-order valence-corrected chi connectivity index (χ0v) is 17.8. The Labute approximate surface area is 190 Å². The number of benzene rings is 6. The molecule has 0 radical (unpaired) electrons. The molecule has 1 aromatic heterocycles. The highest BCUT2D eigenvalue weighted by Gasteiger charge is 2.14. The van der Waals surface area contributed by atoms with Gasteiger partial charge in [-0.1, -0.05) is 84.9 Å². The summed E-state index contributed by atoms with van der Waals surface area (Å²) in [5.74, 6) is 0.654. The Morgan fingerprint density at radius 2 is 1.15 bits per heavy atom. The topological polar surface area (TPSA) is 26.0 Å². The molecule has 0 aliphatic heterocycles. The predicted octanol–water partition coefficient (Wildman–Crippen LogP) is 8.62. The predicted molar refractivity (Wildman–Crippen MR) is 137 cm³/mol. The van der Waals surface area contributed by atoms with Gasteiger partial charge in [0.05, 0.1) is 0 Å². The fourth-order valence-corrected chi connectivity index (χ4v) is 4.77. The standard InChI is InChI=1S/C31H19NO/c1-2-7-23(8-3-1)31-32-28-17-16-22-13-11-21-12-15-26(19-27(21)29(22)30(28)33-31)25-14-10-20-6-4-5-9-24(20)18-25/h1-19H. The molecule has 0 spiro atoms. The Hall–Kier alpha value is -4.43. The van der Waals surface area contributed by atoms with Crippen LogP contribution in [-0.4, -0.2) is 4.98 Å². The van der Waals surface area contributed by atoms with E-state index in [0.717, 1.165) is 27.4 Å². The average molecular weight is 421 g/mol. The van der Waals surface area contributed by atoms with Crippen molar-refractivity contribution in [2.45, 2.75) is 0 Å². The lowest BCUT2D eigenvalue weighted by atomic mass is 9.95. The molecule has 1 heterocycles. The normalized spacial score (nSPS) is 11.6. The molecular weight excluding hydrogens is 402 g/mol. The van der Waals surface area contributed by atoms with E-state index in [1.54, 1.807) is 0 Å². The molecule has 0 aliphatic carbocycles. The fourth-order valence-electron chi connectivity index (χ4n) is 4.77. The van der Waals surface area contributed by atoms with Crippen molar-refractivity contribution in [1.82, 2.24) is 4.98 Å². The van der Waals surface area contributed by atoms with Crippen LogP contribution in [0.1, 0.15) is 0 Å². The second-order valence-electron chi connectivity index (χ2n) is 8.46. The third-order valence-electron chi connectivity index (χ3n) is 6.46. The maximum Gasteiger partial charge on any atom is 0.227 e. The quantitative estimate of drug-likeness (QED) is 0.261. The Morgan fingerprint density at radius 3 is 2.03 bits per heavy atom. The Kier molecular flexibility index (Phi) is 3.88. The summed E-state index contributed by atoms with van der Waals surface area (Å²) in [7, 11) is 0. The lowest BCUT2D eigenvalue weighted by Gasteiger charge is -2.09. The molecule has 0 amide bonds. The number of hydrogen-bond donors (Lipinski definition) is 0. The largest absolute Gasteiger partial charge is 0.435 e. The summed E-state index contributed by atoms with van der Waals surface area (Å²) >= 11 is 0. The number of oxazole rings is 1. The van der Waals surface area contributed by atoms with Crippen molar-refractivity contribution in [2.75, 3.05) is 0 Å². The van der Waals surface area contributed by atoms with Gasteiger partial charge in [0.25, 0.3) is 0 Å². The van der Waals surface area contributed by atoms with Crippen molar-refractivity contribution >= 4 is 43.4 Å². The highest BCUT2D eigenvalue weighted by molar-refractivity contribution is 6.18. The first-order chi connectivity index (χ1) is 16.3.